The lowest BCUT2D eigenvalue weighted by Gasteiger charge is -2.04. The molecule has 12 nitrogen and oxygen atoms in total. The average molecular weight is 423 g/mol. The van der Waals surface area contributed by atoms with Crippen LogP contribution in [-0.2, 0) is 20.1 Å². The summed E-state index contributed by atoms with van der Waals surface area (Å²) in [5.41, 5.74) is 8.03. The van der Waals surface area contributed by atoms with Crippen molar-refractivity contribution in [2.75, 3.05) is 5.73 Å². The summed E-state index contributed by atoms with van der Waals surface area (Å²) >= 11 is 0. The molecule has 0 aliphatic carbocycles. The van der Waals surface area contributed by atoms with Gasteiger partial charge in [0.05, 0.1) is 18.3 Å². The minimum absolute atomic E-state index is 0.0756. The second-order valence-electron chi connectivity index (χ2n) is 6.98. The van der Waals surface area contributed by atoms with Gasteiger partial charge in [0.2, 0.25) is 5.95 Å². The third-order valence-electron chi connectivity index (χ3n) is 4.90. The normalized spacial score (nSPS) is 12.5. The second kappa shape index (κ2) is 7.55. The number of nitrogen functional groups attached to an aromatic ring is 1. The van der Waals surface area contributed by atoms with Crippen LogP contribution in [0.4, 0.5) is 5.95 Å². The Morgan fingerprint density at radius 3 is 2.71 bits per heavy atom. The van der Waals surface area contributed by atoms with Crippen LogP contribution >= 0.6 is 0 Å². The predicted octanol–water partition coefficient (Wildman–Crippen LogP) is 0.934. The quantitative estimate of drug-likeness (QED) is 0.435. The highest BCUT2D eigenvalue weighted by Crippen LogP contribution is 2.21. The van der Waals surface area contributed by atoms with E-state index in [1.54, 1.807) is 7.05 Å². The maximum Gasteiger partial charge on any atom is 0.338 e. The number of carboxylic acids is 1. The molecule has 0 fully saturated rings. The second-order valence-corrected chi connectivity index (χ2v) is 6.98. The zero-order chi connectivity index (χ0) is 22.3. The van der Waals surface area contributed by atoms with Gasteiger partial charge in [0.25, 0.3) is 0 Å². The van der Waals surface area contributed by atoms with Crippen LogP contribution in [0, 0.1) is 0 Å². The smallest absolute Gasteiger partial charge is 0.338 e. The van der Waals surface area contributed by atoms with E-state index in [0.29, 0.717) is 22.6 Å². The maximum absolute atomic E-state index is 12.9. The van der Waals surface area contributed by atoms with E-state index in [9.17, 15) is 9.59 Å². The molecule has 0 spiro atoms. The van der Waals surface area contributed by atoms with Crippen molar-refractivity contribution in [3.05, 3.63) is 52.5 Å². The van der Waals surface area contributed by atoms with Gasteiger partial charge in [-0.05, 0) is 19.4 Å². The van der Waals surface area contributed by atoms with Crippen molar-refractivity contribution >= 4 is 34.3 Å². The lowest BCUT2D eigenvalue weighted by molar-refractivity contribution is 0.0696. The van der Waals surface area contributed by atoms with Crippen LogP contribution in [0.5, 0.6) is 0 Å². The van der Waals surface area contributed by atoms with Crippen molar-refractivity contribution in [2.45, 2.75) is 26.9 Å². The van der Waals surface area contributed by atoms with Crippen LogP contribution in [0.3, 0.4) is 0 Å². The molecule has 0 saturated heterocycles. The van der Waals surface area contributed by atoms with Crippen molar-refractivity contribution in [3.8, 4) is 0 Å². The zero-order valence-electron chi connectivity index (χ0n) is 17.2. The summed E-state index contributed by atoms with van der Waals surface area (Å²) in [6.45, 7) is 4.30. The fourth-order valence-corrected chi connectivity index (χ4v) is 3.27. The van der Waals surface area contributed by atoms with Crippen LogP contribution in [0.15, 0.2) is 35.4 Å². The zero-order valence-corrected chi connectivity index (χ0v) is 17.2. The molecule has 4 rings (SSSR count). The van der Waals surface area contributed by atoms with Crippen LogP contribution in [-0.4, -0.2) is 49.6 Å². The Morgan fingerprint density at radius 2 is 2.03 bits per heavy atom. The number of hydrogen-bond donors (Lipinski definition) is 2. The number of nitrogens with zero attached hydrogens (tertiary/aromatic N) is 8. The molecule has 0 atom stereocenters. The Labute approximate surface area is 175 Å². The van der Waals surface area contributed by atoms with Gasteiger partial charge in [-0.3, -0.25) is 13.8 Å². The van der Waals surface area contributed by atoms with E-state index in [1.165, 1.54) is 30.7 Å². The molecule has 12 heteroatoms. The Kier molecular flexibility index (Phi) is 4.89. The van der Waals surface area contributed by atoms with Gasteiger partial charge in [0, 0.05) is 19.8 Å². The number of fused-ring (bicyclic) bond motifs is 3. The van der Waals surface area contributed by atoms with E-state index in [2.05, 4.69) is 20.2 Å². The van der Waals surface area contributed by atoms with Gasteiger partial charge >= 0.3 is 11.7 Å². The van der Waals surface area contributed by atoms with E-state index in [-0.39, 0.29) is 30.3 Å². The van der Waals surface area contributed by atoms with E-state index in [4.69, 9.17) is 10.8 Å². The maximum atomic E-state index is 12.9. The molecular weight excluding hydrogens is 402 g/mol. The van der Waals surface area contributed by atoms with Crippen LogP contribution in [0.1, 0.15) is 30.0 Å². The third-order valence-corrected chi connectivity index (χ3v) is 4.90. The Hall–Kier alpha value is -4.22. The summed E-state index contributed by atoms with van der Waals surface area (Å²) < 4.78 is 5.79. The van der Waals surface area contributed by atoms with Crippen molar-refractivity contribution in [2.24, 2.45) is 7.05 Å². The fraction of sp³-hybridized carbons (Fsp3) is 0.263. The molecule has 4 heterocycles. The van der Waals surface area contributed by atoms with Crippen LogP contribution in [0.2, 0.25) is 0 Å². The summed E-state index contributed by atoms with van der Waals surface area (Å²) in [5.74, 6) is -0.476. The Morgan fingerprint density at radius 1 is 1.26 bits per heavy atom. The third kappa shape index (κ3) is 3.37. The van der Waals surface area contributed by atoms with Gasteiger partial charge in [-0.2, -0.15) is 14.6 Å². The predicted molar refractivity (Wildman–Crippen MR) is 114 cm³/mol. The van der Waals surface area contributed by atoms with Crippen LogP contribution in [0.25, 0.3) is 22.4 Å². The average Bonchev–Trinajstić information content (AvgIpc) is 3.43. The number of aryl methyl sites for hydroxylation is 3. The van der Waals surface area contributed by atoms with Gasteiger partial charge < -0.3 is 10.8 Å². The lowest BCUT2D eigenvalue weighted by atomic mass is 10.2. The molecule has 4 aromatic rings. The van der Waals surface area contributed by atoms with Crippen molar-refractivity contribution in [3.63, 3.8) is 0 Å². The minimum atomic E-state index is -1.06. The molecule has 0 amide bonds. The SMILES string of the molecule is C/C=C\C=C(/C)c1nc2c3c(nc(N)n2n1)n(CCn1cc(C(=O)O)cn1)c(=O)n3C. The van der Waals surface area contributed by atoms with Gasteiger partial charge in [-0.1, -0.05) is 18.2 Å². The number of anilines is 1. The summed E-state index contributed by atoms with van der Waals surface area (Å²) in [7, 11) is 1.63. The molecule has 4 aromatic heterocycles. The number of carboxylic acid groups (broad SMARTS) is 1. The lowest BCUT2D eigenvalue weighted by Crippen LogP contribution is -2.24. The topological polar surface area (TPSA) is 151 Å². The van der Waals surface area contributed by atoms with Crippen LogP contribution < -0.4 is 11.4 Å². The number of nitrogens with two attached hydrogens (primary N) is 1. The minimum Gasteiger partial charge on any atom is -0.478 e. The first kappa shape index (κ1) is 20.1. The van der Waals surface area contributed by atoms with E-state index in [0.717, 1.165) is 5.57 Å². The van der Waals surface area contributed by atoms with Gasteiger partial charge in [0.1, 0.15) is 5.52 Å². The highest BCUT2D eigenvalue weighted by molar-refractivity contribution is 5.88. The fourth-order valence-electron chi connectivity index (χ4n) is 3.27. The number of imidazole rings is 1. The molecule has 0 saturated carbocycles. The van der Waals surface area contributed by atoms with Crippen molar-refractivity contribution in [1.29, 1.82) is 0 Å². The first-order valence-corrected chi connectivity index (χ1v) is 9.49. The first-order chi connectivity index (χ1) is 14.8. The highest BCUT2D eigenvalue weighted by Gasteiger charge is 2.20. The van der Waals surface area contributed by atoms with E-state index >= 15 is 0 Å². The molecule has 160 valence electrons. The van der Waals surface area contributed by atoms with E-state index in [1.807, 2.05) is 32.1 Å². The summed E-state index contributed by atoms with van der Waals surface area (Å²) in [6, 6.07) is 0. The largest absolute Gasteiger partial charge is 0.478 e. The first-order valence-electron chi connectivity index (χ1n) is 9.49. The molecule has 3 N–H and O–H groups in total. The molecule has 0 aliphatic heterocycles. The molecule has 0 unspecified atom stereocenters. The number of carbonyl (C=O) groups is 1. The molecule has 31 heavy (non-hydrogen) atoms. The molecular formula is C19H21N9O3. The number of allylic oxidation sites excluding steroid dienone is 4. The Bertz CT molecular complexity index is 1430. The number of hydrogen-bond acceptors (Lipinski definition) is 7. The van der Waals surface area contributed by atoms with Gasteiger partial charge in [-0.25, -0.2) is 14.6 Å². The summed E-state index contributed by atoms with van der Waals surface area (Å²) in [4.78, 5) is 32.9. The van der Waals surface area contributed by atoms with Crippen molar-refractivity contribution < 1.29 is 9.90 Å². The highest BCUT2D eigenvalue weighted by atomic mass is 16.4. The van der Waals surface area contributed by atoms with Crippen molar-refractivity contribution in [1.82, 2.24) is 38.5 Å². The molecule has 0 radical (unpaired) electrons. The molecule has 0 bridgehead atoms. The number of rotatable bonds is 6. The summed E-state index contributed by atoms with van der Waals surface area (Å²) in [5, 5.41) is 17.5. The summed E-state index contributed by atoms with van der Waals surface area (Å²) in [6.07, 6.45) is 8.33. The monoisotopic (exact) mass is 423 g/mol. The van der Waals surface area contributed by atoms with Gasteiger partial charge in [0.15, 0.2) is 17.1 Å². The molecule has 0 aliphatic rings. The van der Waals surface area contributed by atoms with E-state index < -0.39 is 5.97 Å². The Balaban J connectivity index is 1.80. The standard InChI is InChI=1S/C19H21N9O3/c1-4-5-6-11(2)14-22-16-13-15(23-18(20)28(16)24-14)27(19(31)25(13)3)8-7-26-10-12(9-21-26)17(29)30/h4-6,9-10H,7-8H2,1-3H3,(H2,20,23)(H,29,30)/b5-4-,11-6+. The number of aromatic nitrogens is 8. The molecule has 0 aromatic carbocycles. The van der Waals surface area contributed by atoms with Gasteiger partial charge in [-0.15, -0.1) is 5.10 Å². The number of aromatic carboxylic acids is 1.